The van der Waals surface area contributed by atoms with E-state index >= 15 is 0 Å². The smallest absolute Gasteiger partial charge is 0.410 e. The number of rotatable bonds is 6. The number of hydrogen-bond acceptors (Lipinski definition) is 6. The van der Waals surface area contributed by atoms with Crippen LogP contribution in [0, 0.1) is 0 Å². The number of para-hydroxylation sites is 1. The fourth-order valence-electron chi connectivity index (χ4n) is 4.71. The van der Waals surface area contributed by atoms with Crippen LogP contribution in [0.3, 0.4) is 0 Å². The number of carbonyl (C=O) groups is 4. The number of carbonyl (C=O) groups excluding carboxylic acids is 4. The van der Waals surface area contributed by atoms with Crippen LogP contribution in [0.15, 0.2) is 60.8 Å². The van der Waals surface area contributed by atoms with Crippen LogP contribution < -0.4 is 0 Å². The van der Waals surface area contributed by atoms with Crippen molar-refractivity contribution >= 4 is 34.7 Å². The second-order valence-electron chi connectivity index (χ2n) is 8.69. The third-order valence-corrected chi connectivity index (χ3v) is 6.58. The summed E-state index contributed by atoms with van der Waals surface area (Å²) < 4.78 is 10.6. The molecule has 0 aliphatic carbocycles. The normalized spacial score (nSPS) is 18.5. The van der Waals surface area contributed by atoms with Gasteiger partial charge < -0.3 is 19.4 Å². The Morgan fingerprint density at radius 3 is 2.49 bits per heavy atom. The Morgan fingerprint density at radius 2 is 1.71 bits per heavy atom. The number of Topliss-reactive ketones (excluding diaryl/α,β-unsaturated/α-hetero) is 1. The number of amides is 2. The molecule has 2 aromatic carbocycles. The third kappa shape index (κ3) is 4.49. The van der Waals surface area contributed by atoms with E-state index in [1.807, 2.05) is 48.5 Å². The van der Waals surface area contributed by atoms with Crippen molar-refractivity contribution < 1.29 is 28.7 Å². The summed E-state index contributed by atoms with van der Waals surface area (Å²) in [6, 6.07) is 15.5. The molecular formula is C26H25N3O6. The minimum atomic E-state index is -0.827. The molecule has 5 rings (SSSR count). The van der Waals surface area contributed by atoms with E-state index in [1.54, 1.807) is 12.3 Å². The summed E-state index contributed by atoms with van der Waals surface area (Å²) >= 11 is 0. The summed E-state index contributed by atoms with van der Waals surface area (Å²) in [5.41, 5.74) is 1.99. The molecule has 0 spiro atoms. The second kappa shape index (κ2) is 9.61. The molecule has 35 heavy (non-hydrogen) atoms. The monoisotopic (exact) mass is 475 g/mol. The molecule has 2 aliphatic rings. The van der Waals surface area contributed by atoms with Crippen LogP contribution in [0.5, 0.6) is 0 Å². The average Bonchev–Trinajstić information content (AvgIpc) is 3.51. The van der Waals surface area contributed by atoms with Gasteiger partial charge in [0, 0.05) is 36.2 Å². The van der Waals surface area contributed by atoms with E-state index in [2.05, 4.69) is 4.98 Å². The molecule has 2 amide bonds. The van der Waals surface area contributed by atoms with E-state index in [9.17, 15) is 19.2 Å². The van der Waals surface area contributed by atoms with E-state index in [-0.39, 0.29) is 19.3 Å². The number of aromatic nitrogens is 1. The Bertz CT molecular complexity index is 1260. The molecule has 2 aliphatic heterocycles. The van der Waals surface area contributed by atoms with Crippen LogP contribution in [0.1, 0.15) is 28.8 Å². The van der Waals surface area contributed by atoms with Gasteiger partial charge in [-0.1, -0.05) is 48.5 Å². The maximum atomic E-state index is 12.9. The molecule has 2 saturated heterocycles. The van der Waals surface area contributed by atoms with Gasteiger partial charge in [-0.25, -0.2) is 9.59 Å². The van der Waals surface area contributed by atoms with Crippen LogP contribution in [0.4, 0.5) is 4.79 Å². The molecule has 9 nitrogen and oxygen atoms in total. The Balaban J connectivity index is 1.20. The first-order valence-electron chi connectivity index (χ1n) is 11.6. The number of fused-ring (bicyclic) bond motifs is 1. The number of benzene rings is 2. The molecule has 0 saturated carbocycles. The zero-order chi connectivity index (χ0) is 24.4. The highest BCUT2D eigenvalue weighted by Crippen LogP contribution is 2.26. The van der Waals surface area contributed by atoms with E-state index in [1.165, 1.54) is 9.80 Å². The number of ketones is 1. The van der Waals surface area contributed by atoms with Crippen molar-refractivity contribution in [1.82, 2.24) is 14.8 Å². The lowest BCUT2D eigenvalue weighted by Gasteiger charge is -2.36. The molecule has 0 radical (unpaired) electrons. The molecule has 9 heteroatoms. The summed E-state index contributed by atoms with van der Waals surface area (Å²) in [5, 5.41) is 0.706. The van der Waals surface area contributed by atoms with E-state index < -0.39 is 29.8 Å². The number of hydrogen-bond donors (Lipinski definition) is 1. The summed E-state index contributed by atoms with van der Waals surface area (Å²) in [6.45, 7) is 0.645. The summed E-state index contributed by atoms with van der Waals surface area (Å²) in [4.78, 5) is 56.9. The fourth-order valence-corrected chi connectivity index (χ4v) is 4.71. The predicted octanol–water partition coefficient (Wildman–Crippen LogP) is 2.91. The second-order valence-corrected chi connectivity index (χ2v) is 8.69. The molecular weight excluding hydrogens is 450 g/mol. The first-order valence-corrected chi connectivity index (χ1v) is 11.6. The fraction of sp³-hybridized carbons (Fsp3) is 0.308. The molecule has 3 aromatic rings. The molecule has 1 atom stereocenters. The van der Waals surface area contributed by atoms with Crippen LogP contribution in [0.2, 0.25) is 0 Å². The van der Waals surface area contributed by atoms with Crippen LogP contribution in [-0.2, 0) is 25.7 Å². The lowest BCUT2D eigenvalue weighted by atomic mass is 10.0. The van der Waals surface area contributed by atoms with Crippen molar-refractivity contribution in [3.63, 3.8) is 0 Å². The Labute approximate surface area is 201 Å². The van der Waals surface area contributed by atoms with Gasteiger partial charge in [0.2, 0.25) is 0 Å². The van der Waals surface area contributed by atoms with Gasteiger partial charge in [0.15, 0.2) is 6.04 Å². The SMILES string of the molecule is O=C(C(=O)N1CCC(N2C(=O)OC[C@H]2C(=O)OCc2ccccc2)CC1)c1c[nH]c2ccccc12. The number of esters is 1. The summed E-state index contributed by atoms with van der Waals surface area (Å²) in [7, 11) is 0. The maximum absolute atomic E-state index is 12.9. The Morgan fingerprint density at radius 1 is 1.00 bits per heavy atom. The summed E-state index contributed by atoms with van der Waals surface area (Å²) in [5.74, 6) is -1.66. The van der Waals surface area contributed by atoms with E-state index in [4.69, 9.17) is 9.47 Å². The van der Waals surface area contributed by atoms with Gasteiger partial charge in [-0.15, -0.1) is 0 Å². The van der Waals surface area contributed by atoms with Gasteiger partial charge in [-0.3, -0.25) is 14.5 Å². The van der Waals surface area contributed by atoms with E-state index in [0.29, 0.717) is 36.9 Å². The zero-order valence-corrected chi connectivity index (χ0v) is 19.0. The molecule has 180 valence electrons. The molecule has 3 heterocycles. The van der Waals surface area contributed by atoms with Gasteiger partial charge in [0.1, 0.15) is 13.2 Å². The molecule has 0 unspecified atom stereocenters. The van der Waals surface area contributed by atoms with Gasteiger partial charge >= 0.3 is 12.1 Å². The van der Waals surface area contributed by atoms with Gasteiger partial charge in [0.05, 0.1) is 5.56 Å². The summed E-state index contributed by atoms with van der Waals surface area (Å²) in [6.07, 6.45) is 1.87. The quantitative estimate of drug-likeness (QED) is 0.334. The lowest BCUT2D eigenvalue weighted by Crippen LogP contribution is -2.52. The highest BCUT2D eigenvalue weighted by atomic mass is 16.6. The number of nitrogens with zero attached hydrogens (tertiary/aromatic N) is 2. The number of H-pyrrole nitrogens is 1. The topological polar surface area (TPSA) is 109 Å². The average molecular weight is 476 g/mol. The molecule has 1 aromatic heterocycles. The third-order valence-electron chi connectivity index (χ3n) is 6.58. The minimum absolute atomic E-state index is 0.0648. The highest BCUT2D eigenvalue weighted by molar-refractivity contribution is 6.44. The minimum Gasteiger partial charge on any atom is -0.459 e. The number of ether oxygens (including phenoxy) is 2. The Kier molecular flexibility index (Phi) is 6.22. The van der Waals surface area contributed by atoms with Gasteiger partial charge in [0.25, 0.3) is 11.7 Å². The van der Waals surface area contributed by atoms with Crippen molar-refractivity contribution in [3.8, 4) is 0 Å². The zero-order valence-electron chi connectivity index (χ0n) is 19.0. The Hall–Kier alpha value is -4.14. The van der Waals surface area contributed by atoms with Gasteiger partial charge in [-0.2, -0.15) is 0 Å². The maximum Gasteiger partial charge on any atom is 0.410 e. The largest absolute Gasteiger partial charge is 0.459 e. The predicted molar refractivity (Wildman–Crippen MR) is 125 cm³/mol. The van der Waals surface area contributed by atoms with Crippen molar-refractivity contribution in [2.45, 2.75) is 31.5 Å². The number of aromatic amines is 1. The van der Waals surface area contributed by atoms with Crippen LogP contribution in [-0.4, -0.2) is 70.3 Å². The van der Waals surface area contributed by atoms with Crippen molar-refractivity contribution in [3.05, 3.63) is 71.9 Å². The van der Waals surface area contributed by atoms with Gasteiger partial charge in [-0.05, 0) is 24.5 Å². The number of cyclic esters (lactones) is 1. The highest BCUT2D eigenvalue weighted by Gasteiger charge is 2.44. The number of nitrogens with one attached hydrogen (secondary N) is 1. The standard InChI is InChI=1S/C26H25N3O6/c30-23(20-14-27-21-9-5-4-8-19(20)21)24(31)28-12-10-18(11-13-28)29-22(16-35-26(29)33)25(32)34-15-17-6-2-1-3-7-17/h1-9,14,18,22,27H,10-13,15-16H2/t22-/m0/s1. The molecule has 1 N–H and O–H groups in total. The first kappa shape index (κ1) is 22.6. The molecule has 0 bridgehead atoms. The van der Waals surface area contributed by atoms with Crippen molar-refractivity contribution in [1.29, 1.82) is 0 Å². The van der Waals surface area contributed by atoms with Crippen LogP contribution >= 0.6 is 0 Å². The number of piperidine rings is 1. The van der Waals surface area contributed by atoms with Crippen LogP contribution in [0.25, 0.3) is 10.9 Å². The van der Waals surface area contributed by atoms with Crippen molar-refractivity contribution in [2.75, 3.05) is 19.7 Å². The first-order chi connectivity index (χ1) is 17.0. The number of likely N-dealkylation sites (tertiary alicyclic amines) is 1. The van der Waals surface area contributed by atoms with E-state index in [0.717, 1.165) is 11.1 Å². The van der Waals surface area contributed by atoms with Crippen molar-refractivity contribution in [2.24, 2.45) is 0 Å². The lowest BCUT2D eigenvalue weighted by molar-refractivity contribution is -0.150. The molecule has 2 fully saturated rings.